The molecule has 0 amide bonds. The molecule has 3 fully saturated rings. The van der Waals surface area contributed by atoms with Crippen molar-refractivity contribution in [3.8, 4) is 0 Å². The monoisotopic (exact) mass is 456 g/mol. The molecule has 0 spiro atoms. The fourth-order valence-electron chi connectivity index (χ4n) is 4.25. The van der Waals surface area contributed by atoms with E-state index in [1.807, 2.05) is 0 Å². The predicted molar refractivity (Wildman–Crippen MR) is 90.6 cm³/mol. The van der Waals surface area contributed by atoms with Crippen molar-refractivity contribution in [2.24, 2.45) is 23.7 Å². The van der Waals surface area contributed by atoms with Gasteiger partial charge in [0.25, 0.3) is 0 Å². The molecule has 1 saturated heterocycles. The predicted octanol–water partition coefficient (Wildman–Crippen LogP) is 2.75. The molecule has 3 aliphatic rings. The molecule has 1 aliphatic heterocycles. The largest absolute Gasteiger partial charge is 0.461 e. The Labute approximate surface area is 155 Å². The standard InChI is InChI=1S/C17H14Br2O5/c18-8-3-1-7(2-4-8)11(20)6-23-16(21)12-9-5-10-13(12)17(22)24-15(10)14(9)19/h1-4,9-10,12-15H,5-6H2/t9-,10-,12-,13+,14+,15+/m1/s1. The van der Waals surface area contributed by atoms with Crippen LogP contribution in [-0.2, 0) is 19.1 Å². The second-order valence-electron chi connectivity index (χ2n) is 6.50. The van der Waals surface area contributed by atoms with Crippen LogP contribution in [-0.4, -0.2) is 35.3 Å². The third-order valence-corrected chi connectivity index (χ3v) is 7.04. The van der Waals surface area contributed by atoms with E-state index in [1.165, 1.54) is 0 Å². The number of hydrogen-bond acceptors (Lipinski definition) is 5. The maximum Gasteiger partial charge on any atom is 0.310 e. The van der Waals surface area contributed by atoms with Gasteiger partial charge in [0.1, 0.15) is 6.10 Å². The molecular weight excluding hydrogens is 444 g/mol. The third kappa shape index (κ3) is 2.44. The average Bonchev–Trinajstić information content (AvgIpc) is 3.17. The Morgan fingerprint density at radius 3 is 2.62 bits per heavy atom. The van der Waals surface area contributed by atoms with Crippen LogP contribution in [0.2, 0.25) is 0 Å². The topological polar surface area (TPSA) is 69.7 Å². The molecule has 2 saturated carbocycles. The van der Waals surface area contributed by atoms with Gasteiger partial charge in [0.15, 0.2) is 12.4 Å². The van der Waals surface area contributed by atoms with Crippen LogP contribution in [0.5, 0.6) is 0 Å². The molecule has 0 radical (unpaired) electrons. The Hall–Kier alpha value is -1.21. The van der Waals surface area contributed by atoms with Crippen LogP contribution < -0.4 is 0 Å². The van der Waals surface area contributed by atoms with E-state index in [2.05, 4.69) is 31.9 Å². The Kier molecular flexibility index (Phi) is 4.03. The highest BCUT2D eigenvalue weighted by Gasteiger charge is 2.68. The van der Waals surface area contributed by atoms with E-state index < -0.39 is 17.8 Å². The summed E-state index contributed by atoms with van der Waals surface area (Å²) < 4.78 is 11.5. The Bertz CT molecular complexity index is 716. The van der Waals surface area contributed by atoms with E-state index in [0.717, 1.165) is 10.9 Å². The van der Waals surface area contributed by atoms with Crippen LogP contribution in [0.15, 0.2) is 28.7 Å². The summed E-state index contributed by atoms with van der Waals surface area (Å²) in [6.45, 7) is -0.313. The van der Waals surface area contributed by atoms with Crippen molar-refractivity contribution < 1.29 is 23.9 Å². The van der Waals surface area contributed by atoms with Crippen molar-refractivity contribution in [2.75, 3.05) is 6.61 Å². The Morgan fingerprint density at radius 1 is 1.21 bits per heavy atom. The Morgan fingerprint density at radius 2 is 1.92 bits per heavy atom. The highest BCUT2D eigenvalue weighted by molar-refractivity contribution is 9.10. The minimum Gasteiger partial charge on any atom is -0.461 e. The molecule has 1 aromatic rings. The number of carbonyl (C=O) groups excluding carboxylic acids is 3. The number of carbonyl (C=O) groups is 3. The summed E-state index contributed by atoms with van der Waals surface area (Å²) in [6.07, 6.45) is 0.665. The first kappa shape index (κ1) is 16.3. The lowest BCUT2D eigenvalue weighted by molar-refractivity contribution is -0.154. The van der Waals surface area contributed by atoms with E-state index in [0.29, 0.717) is 5.56 Å². The molecule has 6 atom stereocenters. The second kappa shape index (κ2) is 5.95. The van der Waals surface area contributed by atoms with E-state index >= 15 is 0 Å². The maximum absolute atomic E-state index is 12.5. The summed E-state index contributed by atoms with van der Waals surface area (Å²) in [5, 5.41) is 0. The highest BCUT2D eigenvalue weighted by Crippen LogP contribution is 2.60. The van der Waals surface area contributed by atoms with Gasteiger partial charge in [0.05, 0.1) is 16.7 Å². The van der Waals surface area contributed by atoms with Crippen molar-refractivity contribution in [3.63, 3.8) is 0 Å². The van der Waals surface area contributed by atoms with E-state index in [9.17, 15) is 14.4 Å². The number of fused-ring (bicyclic) bond motifs is 1. The van der Waals surface area contributed by atoms with Gasteiger partial charge in [-0.15, -0.1) is 0 Å². The summed E-state index contributed by atoms with van der Waals surface area (Å²) >= 11 is 6.86. The minimum atomic E-state index is -0.511. The number of alkyl halides is 1. The van der Waals surface area contributed by atoms with Gasteiger partial charge in [-0.25, -0.2) is 0 Å². The SMILES string of the molecule is O=C(COC(=O)[C@@H]1[C@H]2C[C@H]3[C@H](OC(=O)[C@@H]31)[C@H]2Br)c1ccc(Br)cc1. The zero-order valence-electron chi connectivity index (χ0n) is 12.5. The van der Waals surface area contributed by atoms with Crippen molar-refractivity contribution in [1.29, 1.82) is 0 Å². The lowest BCUT2D eigenvalue weighted by Gasteiger charge is -2.26. The second-order valence-corrected chi connectivity index (χ2v) is 8.47. The van der Waals surface area contributed by atoms with Crippen molar-refractivity contribution in [1.82, 2.24) is 0 Å². The molecule has 0 aromatic heterocycles. The normalized spacial score (nSPS) is 35.8. The number of halogens is 2. The molecule has 0 N–H and O–H groups in total. The molecule has 4 rings (SSSR count). The highest BCUT2D eigenvalue weighted by atomic mass is 79.9. The number of esters is 2. The van der Waals surface area contributed by atoms with Crippen LogP contribution in [0.3, 0.4) is 0 Å². The van der Waals surface area contributed by atoms with Crippen molar-refractivity contribution >= 4 is 49.6 Å². The molecule has 0 unspecified atom stereocenters. The van der Waals surface area contributed by atoms with Gasteiger partial charge < -0.3 is 9.47 Å². The summed E-state index contributed by atoms with van der Waals surface area (Å²) in [5.74, 6) is -1.85. The summed E-state index contributed by atoms with van der Waals surface area (Å²) in [4.78, 5) is 36.6. The first-order valence-corrected chi connectivity index (χ1v) is 9.48. The molecule has 1 aromatic carbocycles. The average molecular weight is 458 g/mol. The molecule has 1 heterocycles. The minimum absolute atomic E-state index is 0.00933. The fourth-order valence-corrected chi connectivity index (χ4v) is 5.56. The zero-order valence-corrected chi connectivity index (χ0v) is 15.7. The molecule has 2 aliphatic carbocycles. The number of Topliss-reactive ketones (excluding diaryl/α,β-unsaturated/α-hetero) is 1. The molecule has 7 heteroatoms. The fraction of sp³-hybridized carbons (Fsp3) is 0.471. The molecular formula is C17H14Br2O5. The van der Waals surface area contributed by atoms with Crippen LogP contribution in [0.1, 0.15) is 16.8 Å². The lowest BCUT2D eigenvalue weighted by atomic mass is 9.80. The number of ether oxygens (including phenoxy) is 2. The number of rotatable bonds is 4. The van der Waals surface area contributed by atoms with Crippen LogP contribution in [0.4, 0.5) is 0 Å². The van der Waals surface area contributed by atoms with Gasteiger partial charge in [-0.05, 0) is 24.5 Å². The summed E-state index contributed by atoms with van der Waals surface area (Å²) in [7, 11) is 0. The van der Waals surface area contributed by atoms with Crippen LogP contribution in [0.25, 0.3) is 0 Å². The van der Waals surface area contributed by atoms with Gasteiger partial charge in [-0.1, -0.05) is 44.0 Å². The van der Waals surface area contributed by atoms with Gasteiger partial charge >= 0.3 is 11.9 Å². The van der Waals surface area contributed by atoms with Gasteiger partial charge in [0.2, 0.25) is 0 Å². The number of hydrogen-bond donors (Lipinski definition) is 0. The van der Waals surface area contributed by atoms with Crippen LogP contribution >= 0.6 is 31.9 Å². The Balaban J connectivity index is 1.43. The van der Waals surface area contributed by atoms with E-state index in [1.54, 1.807) is 24.3 Å². The van der Waals surface area contributed by atoms with Gasteiger partial charge in [-0.3, -0.25) is 14.4 Å². The van der Waals surface area contributed by atoms with Gasteiger partial charge in [0, 0.05) is 16.0 Å². The molecule has 24 heavy (non-hydrogen) atoms. The molecule has 126 valence electrons. The van der Waals surface area contributed by atoms with E-state index in [4.69, 9.17) is 9.47 Å². The smallest absolute Gasteiger partial charge is 0.310 e. The number of ketones is 1. The van der Waals surface area contributed by atoms with Crippen molar-refractivity contribution in [3.05, 3.63) is 34.3 Å². The number of benzene rings is 1. The first-order valence-electron chi connectivity index (χ1n) is 7.77. The zero-order chi connectivity index (χ0) is 17.0. The van der Waals surface area contributed by atoms with E-state index in [-0.39, 0.29) is 41.1 Å². The third-order valence-electron chi connectivity index (χ3n) is 5.31. The van der Waals surface area contributed by atoms with Crippen molar-refractivity contribution in [2.45, 2.75) is 17.4 Å². The first-order chi connectivity index (χ1) is 11.5. The maximum atomic E-state index is 12.5. The lowest BCUT2D eigenvalue weighted by Crippen LogP contribution is -2.39. The van der Waals surface area contributed by atoms with Gasteiger partial charge in [-0.2, -0.15) is 0 Å². The quantitative estimate of drug-likeness (QED) is 0.395. The summed E-state index contributed by atoms with van der Waals surface area (Å²) in [6, 6.07) is 6.86. The van der Waals surface area contributed by atoms with Crippen LogP contribution in [0, 0.1) is 23.7 Å². The molecule has 5 nitrogen and oxygen atoms in total. The summed E-state index contributed by atoms with van der Waals surface area (Å²) in [5.41, 5.74) is 0.484. The molecule has 2 bridgehead atoms.